The van der Waals surface area contributed by atoms with E-state index in [4.69, 9.17) is 11.8 Å². The molecule has 0 bridgehead atoms. The first-order chi connectivity index (χ1) is 11.9. The highest BCUT2D eigenvalue weighted by Gasteiger charge is 2.20. The number of aromatic nitrogens is 5. The number of aryl methyl sites for hydroxylation is 2. The fourth-order valence-electron chi connectivity index (χ4n) is 2.70. The Hall–Kier alpha value is -2.54. The fraction of sp³-hybridized carbons (Fsp3) is 0.294. The van der Waals surface area contributed by atoms with Gasteiger partial charge in [-0.05, 0) is 25.5 Å². The minimum Gasteiger partial charge on any atom is -0.294 e. The molecule has 0 spiro atoms. The zero-order valence-corrected chi connectivity index (χ0v) is 14.9. The van der Waals surface area contributed by atoms with Gasteiger partial charge in [0.15, 0.2) is 5.78 Å². The second-order valence-electron chi connectivity index (χ2n) is 5.80. The van der Waals surface area contributed by atoms with E-state index in [9.17, 15) is 9.18 Å². The van der Waals surface area contributed by atoms with E-state index < -0.39 is 5.82 Å². The third-order valence-corrected chi connectivity index (χ3v) is 4.18. The van der Waals surface area contributed by atoms with Gasteiger partial charge in [0.25, 0.3) is 0 Å². The quantitative estimate of drug-likeness (QED) is 0.655. The van der Waals surface area contributed by atoms with Crippen molar-refractivity contribution in [3.8, 4) is 11.4 Å². The van der Waals surface area contributed by atoms with Crippen LogP contribution in [0.3, 0.4) is 0 Å². The molecule has 0 aliphatic rings. The van der Waals surface area contributed by atoms with Gasteiger partial charge in [0.1, 0.15) is 17.2 Å². The van der Waals surface area contributed by atoms with Crippen molar-refractivity contribution in [2.24, 2.45) is 7.05 Å². The maximum Gasteiger partial charge on any atom is 0.162 e. The Bertz CT molecular complexity index is 947. The van der Waals surface area contributed by atoms with E-state index in [2.05, 4.69) is 15.2 Å². The Morgan fingerprint density at radius 1 is 1.28 bits per heavy atom. The van der Waals surface area contributed by atoms with Crippen LogP contribution in [0.2, 0.25) is 0 Å². The molecule has 130 valence electrons. The van der Waals surface area contributed by atoms with Gasteiger partial charge in [-0.25, -0.2) is 4.39 Å². The number of halogens is 2. The number of nitrogens with zero attached hydrogens (tertiary/aromatic N) is 5. The monoisotopic (exact) mass is 361 g/mol. The molecule has 0 aliphatic heterocycles. The minimum atomic E-state index is -0.558. The molecule has 0 N–H and O–H groups in total. The van der Waals surface area contributed by atoms with Crippen LogP contribution in [0.1, 0.15) is 41.2 Å². The van der Waals surface area contributed by atoms with Crippen molar-refractivity contribution in [1.29, 1.82) is 0 Å². The first-order valence-electron chi connectivity index (χ1n) is 7.82. The van der Waals surface area contributed by atoms with Crippen molar-refractivity contribution in [3.63, 3.8) is 0 Å². The van der Waals surface area contributed by atoms with Crippen LogP contribution in [-0.2, 0) is 19.9 Å². The van der Waals surface area contributed by atoms with Gasteiger partial charge in [0, 0.05) is 42.6 Å². The van der Waals surface area contributed by atoms with Crippen LogP contribution in [0.4, 0.5) is 4.39 Å². The lowest BCUT2D eigenvalue weighted by Crippen LogP contribution is -2.03. The molecule has 3 rings (SSSR count). The van der Waals surface area contributed by atoms with Crippen LogP contribution < -0.4 is 0 Å². The van der Waals surface area contributed by atoms with E-state index in [-0.39, 0.29) is 11.3 Å². The summed E-state index contributed by atoms with van der Waals surface area (Å²) in [7, 11) is 1.78. The highest BCUT2D eigenvalue weighted by atomic mass is 35.5. The number of Topliss-reactive ketones (excluding diaryl/α,β-unsaturated/α-hetero) is 1. The first kappa shape index (κ1) is 17.3. The molecule has 0 unspecified atom stereocenters. The predicted molar refractivity (Wildman–Crippen MR) is 92.1 cm³/mol. The molecular weight excluding hydrogens is 345 g/mol. The number of ketones is 1. The lowest BCUT2D eigenvalue weighted by molar-refractivity contribution is 0.101. The Balaban J connectivity index is 2.08. The highest BCUT2D eigenvalue weighted by molar-refractivity contribution is 6.15. The smallest absolute Gasteiger partial charge is 0.162 e. The van der Waals surface area contributed by atoms with Crippen LogP contribution in [0.15, 0.2) is 24.5 Å². The SMILES string of the molecule is CCc1cc(Cc2cn(C)nc2-c2ncc(F)cc2C(C)=O)n(Cl)n1. The number of rotatable bonds is 5. The Kier molecular flexibility index (Phi) is 4.67. The van der Waals surface area contributed by atoms with Crippen molar-refractivity contribution in [3.05, 3.63) is 52.9 Å². The Morgan fingerprint density at radius 2 is 2.04 bits per heavy atom. The van der Waals surface area contributed by atoms with Crippen molar-refractivity contribution in [2.45, 2.75) is 26.7 Å². The lowest BCUT2D eigenvalue weighted by Gasteiger charge is -2.06. The van der Waals surface area contributed by atoms with Crippen molar-refractivity contribution in [2.75, 3.05) is 0 Å². The van der Waals surface area contributed by atoms with Crippen LogP contribution in [0.25, 0.3) is 11.4 Å². The number of carbonyl (C=O) groups is 1. The van der Waals surface area contributed by atoms with E-state index in [1.807, 2.05) is 19.2 Å². The molecule has 0 radical (unpaired) electrons. The van der Waals surface area contributed by atoms with E-state index in [1.54, 1.807) is 11.7 Å². The second kappa shape index (κ2) is 6.76. The molecule has 0 aliphatic carbocycles. The summed E-state index contributed by atoms with van der Waals surface area (Å²) in [4.78, 5) is 16.0. The summed E-state index contributed by atoms with van der Waals surface area (Å²) < 4.78 is 16.5. The van der Waals surface area contributed by atoms with Crippen LogP contribution in [0.5, 0.6) is 0 Å². The molecule has 0 aromatic carbocycles. The van der Waals surface area contributed by atoms with Crippen LogP contribution >= 0.6 is 11.8 Å². The van der Waals surface area contributed by atoms with Gasteiger partial charge < -0.3 is 0 Å². The number of hydrogen-bond acceptors (Lipinski definition) is 4. The zero-order chi connectivity index (χ0) is 18.1. The summed E-state index contributed by atoms with van der Waals surface area (Å²) in [5.41, 5.74) is 3.62. The molecule has 0 saturated carbocycles. The topological polar surface area (TPSA) is 65.6 Å². The minimum absolute atomic E-state index is 0.202. The maximum absolute atomic E-state index is 13.5. The largest absolute Gasteiger partial charge is 0.294 e. The predicted octanol–water partition coefficient (Wildman–Crippen LogP) is 3.18. The standard InChI is InChI=1S/C17H17ClFN5O/c1-4-13-7-14(24(18)21-13)5-11-9-23(3)22-16(11)17-15(10(2)25)6-12(19)8-20-17/h6-9H,4-5H2,1-3H3. The molecule has 0 amide bonds. The van der Waals surface area contributed by atoms with Gasteiger partial charge in [0.05, 0.1) is 17.6 Å². The molecule has 3 aromatic heterocycles. The third-order valence-electron chi connectivity index (χ3n) is 3.88. The molecule has 0 atom stereocenters. The average Bonchev–Trinajstić information content (AvgIpc) is 3.10. The van der Waals surface area contributed by atoms with Crippen LogP contribution in [0, 0.1) is 5.82 Å². The Morgan fingerprint density at radius 3 is 2.68 bits per heavy atom. The zero-order valence-electron chi connectivity index (χ0n) is 14.1. The summed E-state index contributed by atoms with van der Waals surface area (Å²) in [6.45, 7) is 3.38. The van der Waals surface area contributed by atoms with Gasteiger partial charge in [-0.1, -0.05) is 6.92 Å². The third kappa shape index (κ3) is 3.46. The van der Waals surface area contributed by atoms with Gasteiger partial charge in [0.2, 0.25) is 0 Å². The van der Waals surface area contributed by atoms with E-state index in [0.29, 0.717) is 17.8 Å². The molecule has 25 heavy (non-hydrogen) atoms. The van der Waals surface area contributed by atoms with Gasteiger partial charge in [-0.15, -0.1) is 0 Å². The number of carbonyl (C=O) groups excluding carboxylic acids is 1. The average molecular weight is 362 g/mol. The van der Waals surface area contributed by atoms with Crippen molar-refractivity contribution in [1.82, 2.24) is 24.1 Å². The van der Waals surface area contributed by atoms with Crippen LogP contribution in [-0.4, -0.2) is 29.8 Å². The molecule has 3 aromatic rings. The molecule has 3 heterocycles. The molecule has 6 nitrogen and oxygen atoms in total. The fourth-order valence-corrected chi connectivity index (χ4v) is 2.90. The molecule has 0 fully saturated rings. The normalized spacial score (nSPS) is 11.1. The number of hydrogen-bond donors (Lipinski definition) is 0. The highest BCUT2D eigenvalue weighted by Crippen LogP contribution is 2.27. The van der Waals surface area contributed by atoms with E-state index >= 15 is 0 Å². The van der Waals surface area contributed by atoms with Gasteiger partial charge in [-0.3, -0.25) is 14.5 Å². The summed E-state index contributed by atoms with van der Waals surface area (Å²) in [6, 6.07) is 3.11. The maximum atomic E-state index is 13.5. The van der Waals surface area contributed by atoms with Crippen molar-refractivity contribution < 1.29 is 9.18 Å². The first-order valence-corrected chi connectivity index (χ1v) is 8.16. The van der Waals surface area contributed by atoms with Gasteiger partial charge >= 0.3 is 0 Å². The lowest BCUT2D eigenvalue weighted by atomic mass is 10.0. The second-order valence-corrected chi connectivity index (χ2v) is 6.12. The van der Waals surface area contributed by atoms with E-state index in [1.165, 1.54) is 17.2 Å². The Labute approximate surface area is 149 Å². The molecule has 0 saturated heterocycles. The summed E-state index contributed by atoms with van der Waals surface area (Å²) in [5, 5.41) is 8.64. The summed E-state index contributed by atoms with van der Waals surface area (Å²) in [6.07, 6.45) is 4.16. The summed E-state index contributed by atoms with van der Waals surface area (Å²) in [5.74, 6) is -0.827. The summed E-state index contributed by atoms with van der Waals surface area (Å²) >= 11 is 6.14. The van der Waals surface area contributed by atoms with E-state index in [0.717, 1.165) is 29.6 Å². The number of pyridine rings is 1. The molecular formula is C17H17ClFN5O. The molecule has 8 heteroatoms. The van der Waals surface area contributed by atoms with Crippen molar-refractivity contribution >= 4 is 17.6 Å². The van der Waals surface area contributed by atoms with Gasteiger partial charge in [-0.2, -0.15) is 14.4 Å².